The summed E-state index contributed by atoms with van der Waals surface area (Å²) in [5, 5.41) is 12.7. The predicted octanol–water partition coefficient (Wildman–Crippen LogP) is 4.59. The Morgan fingerprint density at radius 3 is 2.59 bits per heavy atom. The van der Waals surface area contributed by atoms with Gasteiger partial charge >= 0.3 is 5.97 Å². The highest BCUT2D eigenvalue weighted by Gasteiger charge is 2.38. The lowest BCUT2D eigenvalue weighted by molar-refractivity contribution is -0.462. The normalized spacial score (nSPS) is 16.3. The number of allylic oxidation sites excluding steroid dienone is 5. The number of hydrogen-bond acceptors (Lipinski definition) is 3. The van der Waals surface area contributed by atoms with Crippen molar-refractivity contribution >= 4 is 23.1 Å². The van der Waals surface area contributed by atoms with Gasteiger partial charge in [-0.1, -0.05) is 33.3 Å². The van der Waals surface area contributed by atoms with E-state index in [2.05, 4.69) is 86.1 Å². The van der Waals surface area contributed by atoms with Gasteiger partial charge in [0.2, 0.25) is 0 Å². The number of hydrogen-bond donors (Lipinski definition) is 2. The highest BCUT2D eigenvalue weighted by molar-refractivity contribution is 6.05. The number of benzene rings is 1. The molecular formula is C27H38N3O2+. The smallest absolute Gasteiger partial charge is 0.303 e. The average Bonchev–Trinajstić information content (AvgIpc) is 2.75. The minimum atomic E-state index is -0.740. The molecule has 0 bridgehead atoms. The topological polar surface area (TPSA) is 55.6 Å². The molecule has 0 aromatic heterocycles. The fourth-order valence-electron chi connectivity index (χ4n) is 4.52. The van der Waals surface area contributed by atoms with E-state index in [0.29, 0.717) is 6.42 Å². The second-order valence-electron chi connectivity index (χ2n) is 9.55. The summed E-state index contributed by atoms with van der Waals surface area (Å²) in [5.41, 5.74) is 8.59. The molecule has 3 rings (SSSR count). The van der Waals surface area contributed by atoms with Gasteiger partial charge < -0.3 is 15.3 Å². The van der Waals surface area contributed by atoms with Crippen LogP contribution in [0.1, 0.15) is 57.6 Å². The van der Waals surface area contributed by atoms with E-state index < -0.39 is 5.97 Å². The molecule has 0 radical (unpaired) electrons. The van der Waals surface area contributed by atoms with Gasteiger partial charge in [-0.3, -0.25) is 4.79 Å². The molecule has 2 aliphatic rings. The Labute approximate surface area is 192 Å². The SMILES string of the molecule is CCCCNC1=C2C=CC(=[N+](C)C)C=C2C(C)(C)c2cc(N(C)CCCC(=O)O)ccc21. The van der Waals surface area contributed by atoms with E-state index in [1.165, 1.54) is 33.7 Å². The van der Waals surface area contributed by atoms with Crippen LogP contribution in [0, 0.1) is 0 Å². The molecule has 1 aromatic rings. The van der Waals surface area contributed by atoms with E-state index >= 15 is 0 Å². The van der Waals surface area contributed by atoms with Crippen LogP contribution in [0.4, 0.5) is 5.69 Å². The molecule has 5 nitrogen and oxygen atoms in total. The molecule has 0 fully saturated rings. The lowest BCUT2D eigenvalue weighted by Crippen LogP contribution is -2.33. The van der Waals surface area contributed by atoms with Crippen LogP contribution in [0.15, 0.2) is 47.6 Å². The summed E-state index contributed by atoms with van der Waals surface area (Å²) in [4.78, 5) is 13.1. The molecule has 0 amide bonds. The number of rotatable bonds is 9. The third kappa shape index (κ3) is 4.82. The maximum Gasteiger partial charge on any atom is 0.303 e. The summed E-state index contributed by atoms with van der Waals surface area (Å²) in [7, 11) is 6.21. The molecule has 5 heteroatoms. The fraction of sp³-hybridized carbons (Fsp3) is 0.481. The van der Waals surface area contributed by atoms with Crippen molar-refractivity contribution in [2.24, 2.45) is 0 Å². The zero-order valence-electron chi connectivity index (χ0n) is 20.5. The van der Waals surface area contributed by atoms with Crippen molar-refractivity contribution in [3.05, 3.63) is 58.7 Å². The Hall–Kier alpha value is -2.82. The first-order chi connectivity index (χ1) is 15.2. The highest BCUT2D eigenvalue weighted by atomic mass is 16.4. The zero-order chi connectivity index (χ0) is 23.5. The van der Waals surface area contributed by atoms with Gasteiger partial charge in [-0.2, -0.15) is 0 Å². The molecule has 0 saturated heterocycles. The number of nitrogens with zero attached hydrogens (tertiary/aromatic N) is 2. The van der Waals surface area contributed by atoms with Gasteiger partial charge in [0.15, 0.2) is 5.71 Å². The van der Waals surface area contributed by atoms with Crippen molar-refractivity contribution in [3.8, 4) is 0 Å². The van der Waals surface area contributed by atoms with Crippen molar-refractivity contribution in [2.75, 3.05) is 39.1 Å². The molecule has 0 heterocycles. The van der Waals surface area contributed by atoms with Crippen LogP contribution in [0.25, 0.3) is 5.70 Å². The standard InChI is InChI=1S/C27H37N3O2/c1-7-8-15-28-26-21-13-11-19(29(4)5)17-23(21)27(2,3)24-18-20(12-14-22(24)26)30(6)16-9-10-25(31)32/h11-14,17-18H,7-10,15-16H2,1-6H3,(H,31,32)/p+1. The molecule has 0 atom stereocenters. The van der Waals surface area contributed by atoms with Gasteiger partial charge in [-0.25, -0.2) is 4.58 Å². The first kappa shape index (κ1) is 23.8. The Morgan fingerprint density at radius 2 is 1.94 bits per heavy atom. The van der Waals surface area contributed by atoms with Crippen molar-refractivity contribution < 1.29 is 14.5 Å². The quantitative estimate of drug-likeness (QED) is 0.439. The summed E-state index contributed by atoms with van der Waals surface area (Å²) < 4.78 is 2.16. The van der Waals surface area contributed by atoms with Crippen LogP contribution in [-0.2, 0) is 10.2 Å². The van der Waals surface area contributed by atoms with Crippen molar-refractivity contribution in [2.45, 2.75) is 51.9 Å². The van der Waals surface area contributed by atoms with Crippen LogP contribution in [0.2, 0.25) is 0 Å². The van der Waals surface area contributed by atoms with Gasteiger partial charge in [0, 0.05) is 66.6 Å². The maximum atomic E-state index is 10.9. The molecule has 0 aliphatic heterocycles. The Bertz CT molecular complexity index is 1010. The van der Waals surface area contributed by atoms with E-state index in [0.717, 1.165) is 31.6 Å². The minimum Gasteiger partial charge on any atom is -0.481 e. The van der Waals surface area contributed by atoms with E-state index in [-0.39, 0.29) is 11.8 Å². The summed E-state index contributed by atoms with van der Waals surface area (Å²) in [6.45, 7) is 8.51. The van der Waals surface area contributed by atoms with E-state index in [4.69, 9.17) is 5.11 Å². The van der Waals surface area contributed by atoms with Crippen LogP contribution in [0.3, 0.4) is 0 Å². The van der Waals surface area contributed by atoms with Crippen LogP contribution in [0.5, 0.6) is 0 Å². The molecule has 32 heavy (non-hydrogen) atoms. The molecule has 172 valence electrons. The number of carboxylic acids is 1. The number of unbranched alkanes of at least 4 members (excludes halogenated alkanes) is 1. The minimum absolute atomic E-state index is 0.148. The average molecular weight is 437 g/mol. The summed E-state index contributed by atoms with van der Waals surface area (Å²) >= 11 is 0. The fourth-order valence-corrected chi connectivity index (χ4v) is 4.52. The van der Waals surface area contributed by atoms with E-state index in [1.807, 2.05) is 7.05 Å². The Balaban J connectivity index is 2.07. The molecule has 0 unspecified atom stereocenters. The summed E-state index contributed by atoms with van der Waals surface area (Å²) in [6, 6.07) is 6.69. The van der Waals surface area contributed by atoms with Crippen molar-refractivity contribution in [3.63, 3.8) is 0 Å². The second-order valence-corrected chi connectivity index (χ2v) is 9.55. The number of carbonyl (C=O) groups is 1. The summed E-state index contributed by atoms with van der Waals surface area (Å²) in [6.07, 6.45) is 9.91. The molecule has 0 saturated carbocycles. The monoisotopic (exact) mass is 436 g/mol. The molecule has 2 aliphatic carbocycles. The summed E-state index contributed by atoms with van der Waals surface area (Å²) in [5.74, 6) is -0.740. The van der Waals surface area contributed by atoms with Gasteiger partial charge in [0.1, 0.15) is 14.1 Å². The van der Waals surface area contributed by atoms with Crippen molar-refractivity contribution in [1.29, 1.82) is 0 Å². The van der Waals surface area contributed by atoms with Crippen molar-refractivity contribution in [1.82, 2.24) is 5.32 Å². The molecule has 0 spiro atoms. The third-order valence-corrected chi connectivity index (χ3v) is 6.57. The van der Waals surface area contributed by atoms with E-state index in [1.54, 1.807) is 0 Å². The number of nitrogens with one attached hydrogen (secondary N) is 1. The first-order valence-corrected chi connectivity index (χ1v) is 11.7. The predicted molar refractivity (Wildman–Crippen MR) is 134 cm³/mol. The van der Waals surface area contributed by atoms with Gasteiger partial charge in [-0.15, -0.1) is 0 Å². The second kappa shape index (κ2) is 9.76. The van der Waals surface area contributed by atoms with Crippen LogP contribution >= 0.6 is 0 Å². The highest BCUT2D eigenvalue weighted by Crippen LogP contribution is 2.48. The lowest BCUT2D eigenvalue weighted by Gasteiger charge is -2.39. The number of carboxylic acid groups (broad SMARTS) is 1. The number of anilines is 1. The van der Waals surface area contributed by atoms with Gasteiger partial charge in [0.05, 0.1) is 0 Å². The molecule has 1 aromatic carbocycles. The largest absolute Gasteiger partial charge is 0.481 e. The number of aliphatic carboxylic acids is 1. The van der Waals surface area contributed by atoms with Gasteiger partial charge in [-0.05, 0) is 42.2 Å². The molecular weight excluding hydrogens is 398 g/mol. The Kier molecular flexibility index (Phi) is 7.27. The van der Waals surface area contributed by atoms with E-state index in [9.17, 15) is 4.79 Å². The van der Waals surface area contributed by atoms with Crippen LogP contribution in [-0.4, -0.2) is 55.6 Å². The maximum absolute atomic E-state index is 10.9. The third-order valence-electron chi connectivity index (χ3n) is 6.57. The zero-order valence-corrected chi connectivity index (χ0v) is 20.5. The number of fused-ring (bicyclic) bond motifs is 2. The first-order valence-electron chi connectivity index (χ1n) is 11.7. The Morgan fingerprint density at radius 1 is 1.19 bits per heavy atom. The van der Waals surface area contributed by atoms with Crippen LogP contribution < -0.4 is 10.2 Å². The van der Waals surface area contributed by atoms with Gasteiger partial charge in [0.25, 0.3) is 0 Å². The lowest BCUT2D eigenvalue weighted by atomic mass is 9.66. The molecule has 2 N–H and O–H groups in total.